The molecule has 3 aromatic rings. The molecule has 1 N–H and O–H groups in total. The van der Waals surface area contributed by atoms with Crippen LogP contribution in [0.3, 0.4) is 0 Å². The quantitative estimate of drug-likeness (QED) is 0.411. The Hall–Kier alpha value is -3.00. The summed E-state index contributed by atoms with van der Waals surface area (Å²) in [6.45, 7) is 1.86. The number of carbonyl (C=O) groups excluding carboxylic acids is 1. The minimum Gasteiger partial charge on any atom is -0.457 e. The van der Waals surface area contributed by atoms with Crippen molar-refractivity contribution in [2.45, 2.75) is 13.0 Å². The number of nitrogens with one attached hydrogen (secondary N) is 1. The van der Waals surface area contributed by atoms with Gasteiger partial charge in [0.15, 0.2) is 0 Å². The fourth-order valence-corrected chi connectivity index (χ4v) is 3.16. The van der Waals surface area contributed by atoms with Crippen LogP contribution in [-0.2, 0) is 4.79 Å². The third-order valence-electron chi connectivity index (χ3n) is 4.12. The lowest BCUT2D eigenvalue weighted by Gasteiger charge is -2.13. The Labute approximate surface area is 173 Å². The van der Waals surface area contributed by atoms with Gasteiger partial charge in [0.1, 0.15) is 23.2 Å². The molecule has 6 heteroatoms. The molecule has 3 rings (SSSR count). The maximum atomic E-state index is 12.5. The highest BCUT2D eigenvalue weighted by Gasteiger charge is 2.15. The minimum absolute atomic E-state index is 0.0501. The first kappa shape index (κ1) is 19.8. The van der Waals surface area contributed by atoms with E-state index < -0.39 is 5.91 Å². The van der Waals surface area contributed by atoms with E-state index in [0.29, 0.717) is 27.1 Å². The largest absolute Gasteiger partial charge is 0.457 e. The zero-order chi connectivity index (χ0) is 20.1. The third kappa shape index (κ3) is 4.64. The Balaban J connectivity index is 1.78. The van der Waals surface area contributed by atoms with Gasteiger partial charge in [0.05, 0.1) is 11.1 Å². The van der Waals surface area contributed by atoms with Crippen LogP contribution in [0.25, 0.3) is 17.4 Å². The lowest BCUT2D eigenvalue weighted by atomic mass is 10.1. The van der Waals surface area contributed by atoms with Crippen molar-refractivity contribution in [3.05, 3.63) is 87.6 Å². The van der Waals surface area contributed by atoms with Crippen LogP contribution < -0.4 is 5.32 Å². The number of hydrogen-bond acceptors (Lipinski definition) is 3. The van der Waals surface area contributed by atoms with Crippen molar-refractivity contribution in [1.29, 1.82) is 5.26 Å². The summed E-state index contributed by atoms with van der Waals surface area (Å²) in [4.78, 5) is 12.5. The van der Waals surface area contributed by atoms with Gasteiger partial charge in [0, 0.05) is 16.7 Å². The summed E-state index contributed by atoms with van der Waals surface area (Å²) in [6.07, 6.45) is 1.40. The maximum Gasteiger partial charge on any atom is 0.262 e. The van der Waals surface area contributed by atoms with Crippen LogP contribution in [0.15, 0.2) is 70.7 Å². The molecule has 28 heavy (non-hydrogen) atoms. The Morgan fingerprint density at radius 2 is 1.89 bits per heavy atom. The molecule has 0 bridgehead atoms. The highest BCUT2D eigenvalue weighted by molar-refractivity contribution is 6.36. The van der Waals surface area contributed by atoms with E-state index in [9.17, 15) is 10.1 Å². The molecule has 0 spiro atoms. The van der Waals surface area contributed by atoms with E-state index in [1.54, 1.807) is 30.3 Å². The van der Waals surface area contributed by atoms with E-state index in [2.05, 4.69) is 5.32 Å². The van der Waals surface area contributed by atoms with Gasteiger partial charge in [-0.05, 0) is 42.8 Å². The highest BCUT2D eigenvalue weighted by Crippen LogP contribution is 2.32. The second-order valence-corrected chi connectivity index (χ2v) is 6.95. The van der Waals surface area contributed by atoms with Gasteiger partial charge in [-0.3, -0.25) is 4.79 Å². The van der Waals surface area contributed by atoms with E-state index in [1.807, 2.05) is 43.3 Å². The van der Waals surface area contributed by atoms with Gasteiger partial charge < -0.3 is 9.73 Å². The number of amides is 1. The van der Waals surface area contributed by atoms with E-state index in [1.165, 1.54) is 6.08 Å². The molecule has 0 saturated carbocycles. The van der Waals surface area contributed by atoms with Gasteiger partial charge in [-0.2, -0.15) is 5.26 Å². The summed E-state index contributed by atoms with van der Waals surface area (Å²) in [7, 11) is 0. The summed E-state index contributed by atoms with van der Waals surface area (Å²) < 4.78 is 5.73. The Bertz CT molecular complexity index is 1070. The van der Waals surface area contributed by atoms with Gasteiger partial charge in [-0.1, -0.05) is 53.5 Å². The molecule has 1 amide bonds. The molecule has 0 aliphatic carbocycles. The van der Waals surface area contributed by atoms with Crippen LogP contribution in [0.2, 0.25) is 10.0 Å². The van der Waals surface area contributed by atoms with Crippen molar-refractivity contribution < 1.29 is 9.21 Å². The summed E-state index contributed by atoms with van der Waals surface area (Å²) in [5, 5.41) is 13.2. The van der Waals surface area contributed by atoms with Crippen LogP contribution in [0, 0.1) is 11.3 Å². The average Bonchev–Trinajstić information content (AvgIpc) is 3.15. The smallest absolute Gasteiger partial charge is 0.262 e. The predicted molar refractivity (Wildman–Crippen MR) is 111 cm³/mol. The fourth-order valence-electron chi connectivity index (χ4n) is 2.65. The lowest BCUT2D eigenvalue weighted by molar-refractivity contribution is -0.117. The Morgan fingerprint density at radius 1 is 1.14 bits per heavy atom. The first-order valence-corrected chi connectivity index (χ1v) is 9.26. The van der Waals surface area contributed by atoms with Gasteiger partial charge in [0.2, 0.25) is 0 Å². The molecule has 0 saturated heterocycles. The average molecular weight is 411 g/mol. The van der Waals surface area contributed by atoms with Crippen molar-refractivity contribution in [2.24, 2.45) is 0 Å². The molecule has 1 atom stereocenters. The van der Waals surface area contributed by atoms with Crippen LogP contribution >= 0.6 is 23.2 Å². The zero-order valence-corrected chi connectivity index (χ0v) is 16.5. The number of nitrogens with zero attached hydrogens (tertiary/aromatic N) is 1. The molecule has 0 fully saturated rings. The van der Waals surface area contributed by atoms with E-state index in [0.717, 1.165) is 5.56 Å². The number of nitriles is 1. The van der Waals surface area contributed by atoms with Gasteiger partial charge in [-0.25, -0.2) is 0 Å². The molecule has 4 nitrogen and oxygen atoms in total. The monoisotopic (exact) mass is 410 g/mol. The topological polar surface area (TPSA) is 66.0 Å². The zero-order valence-electron chi connectivity index (χ0n) is 14.9. The summed E-state index contributed by atoms with van der Waals surface area (Å²) in [5.41, 5.74) is 1.57. The second-order valence-electron chi connectivity index (χ2n) is 6.10. The normalized spacial score (nSPS) is 12.3. The number of carbonyl (C=O) groups is 1. The number of furan rings is 1. The highest BCUT2D eigenvalue weighted by atomic mass is 35.5. The summed E-state index contributed by atoms with van der Waals surface area (Å²) in [5.74, 6) is 0.421. The molecule has 0 radical (unpaired) electrons. The van der Waals surface area contributed by atoms with Gasteiger partial charge in [-0.15, -0.1) is 0 Å². The van der Waals surface area contributed by atoms with Gasteiger partial charge in [0.25, 0.3) is 5.91 Å². The van der Waals surface area contributed by atoms with Crippen LogP contribution in [0.4, 0.5) is 0 Å². The van der Waals surface area contributed by atoms with Crippen molar-refractivity contribution in [2.75, 3.05) is 0 Å². The van der Waals surface area contributed by atoms with Crippen molar-refractivity contribution in [1.82, 2.24) is 5.32 Å². The molecular formula is C22H16Cl2N2O2. The number of benzene rings is 2. The first-order valence-electron chi connectivity index (χ1n) is 8.51. The Morgan fingerprint density at radius 3 is 2.57 bits per heavy atom. The molecular weight excluding hydrogens is 395 g/mol. The lowest BCUT2D eigenvalue weighted by Crippen LogP contribution is -2.27. The molecule has 140 valence electrons. The second kappa shape index (κ2) is 8.79. The van der Waals surface area contributed by atoms with E-state index in [4.69, 9.17) is 27.6 Å². The van der Waals surface area contributed by atoms with Crippen LogP contribution in [-0.4, -0.2) is 5.91 Å². The predicted octanol–water partition coefficient (Wildman–Crippen LogP) is 6.04. The molecule has 1 heterocycles. The molecule has 1 aromatic heterocycles. The summed E-state index contributed by atoms with van der Waals surface area (Å²) in [6, 6.07) is 19.7. The fraction of sp³-hybridized carbons (Fsp3) is 0.0909. The number of hydrogen-bond donors (Lipinski definition) is 1. The standard InChI is InChI=1S/C22H16Cl2N2O2/c1-14(15-5-3-2-4-6-15)26-22(27)16(13-25)11-18-8-10-21(28-18)19-9-7-17(23)12-20(19)24/h2-12,14H,1H3,(H,26,27)/b16-11+/t14-/m1/s1. The third-order valence-corrected chi connectivity index (χ3v) is 4.67. The molecule has 0 aliphatic heterocycles. The first-order chi connectivity index (χ1) is 13.5. The van der Waals surface area contributed by atoms with Gasteiger partial charge >= 0.3 is 0 Å². The molecule has 0 aliphatic rings. The van der Waals surface area contributed by atoms with E-state index in [-0.39, 0.29) is 11.6 Å². The minimum atomic E-state index is -0.471. The van der Waals surface area contributed by atoms with Crippen LogP contribution in [0.1, 0.15) is 24.3 Å². The van der Waals surface area contributed by atoms with Crippen molar-refractivity contribution in [3.8, 4) is 17.4 Å². The summed E-state index contributed by atoms with van der Waals surface area (Å²) >= 11 is 12.1. The molecule has 0 unspecified atom stereocenters. The molecule has 2 aromatic carbocycles. The van der Waals surface area contributed by atoms with Crippen molar-refractivity contribution in [3.63, 3.8) is 0 Å². The number of halogens is 2. The SMILES string of the molecule is C[C@@H](NC(=O)/C(C#N)=C/c1ccc(-c2ccc(Cl)cc2Cl)o1)c1ccccc1. The van der Waals surface area contributed by atoms with Crippen LogP contribution in [0.5, 0.6) is 0 Å². The van der Waals surface area contributed by atoms with Crippen molar-refractivity contribution >= 4 is 35.2 Å². The maximum absolute atomic E-state index is 12.5. The Kier molecular flexibility index (Phi) is 6.20. The van der Waals surface area contributed by atoms with E-state index >= 15 is 0 Å². The number of rotatable bonds is 5.